The lowest BCUT2D eigenvalue weighted by molar-refractivity contribution is -0.126. The minimum atomic E-state index is -0.372. The molecular weight excluding hydrogens is 267 g/mol. The molecule has 5 heteroatoms. The monoisotopic (exact) mass is 284 g/mol. The van der Waals surface area contributed by atoms with Crippen molar-refractivity contribution in [1.82, 2.24) is 10.6 Å². The quantitative estimate of drug-likeness (QED) is 0.896. The summed E-state index contributed by atoms with van der Waals surface area (Å²) in [5.41, 5.74) is 0.736. The summed E-state index contributed by atoms with van der Waals surface area (Å²) in [5, 5.41) is 6.49. The molecule has 0 saturated carbocycles. The first kappa shape index (κ1) is 14.3. The number of piperidine rings is 1. The summed E-state index contributed by atoms with van der Waals surface area (Å²) >= 11 is 5.99. The van der Waals surface area contributed by atoms with E-state index < -0.39 is 0 Å². The molecule has 2 N–H and O–H groups in total. The van der Waals surface area contributed by atoms with E-state index in [1.807, 2.05) is 6.92 Å². The smallest absolute Gasteiger partial charge is 0.224 e. The zero-order valence-corrected chi connectivity index (χ0v) is 11.6. The van der Waals surface area contributed by atoms with Gasteiger partial charge in [-0.3, -0.25) is 4.79 Å². The topological polar surface area (TPSA) is 41.1 Å². The lowest BCUT2D eigenvalue weighted by Crippen LogP contribution is -2.41. The number of benzene rings is 1. The van der Waals surface area contributed by atoms with Gasteiger partial charge in [-0.15, -0.1) is 0 Å². The number of rotatable bonds is 3. The molecule has 0 spiro atoms. The Morgan fingerprint density at radius 2 is 2.37 bits per heavy atom. The average Bonchev–Trinajstić information content (AvgIpc) is 2.39. The van der Waals surface area contributed by atoms with Gasteiger partial charge in [-0.05, 0) is 44.0 Å². The highest BCUT2D eigenvalue weighted by molar-refractivity contribution is 6.31. The highest BCUT2D eigenvalue weighted by atomic mass is 35.5. The molecule has 0 aromatic heterocycles. The Bertz CT molecular complexity index is 461. The van der Waals surface area contributed by atoms with Gasteiger partial charge in [0, 0.05) is 11.6 Å². The molecule has 1 aliphatic rings. The minimum absolute atomic E-state index is 0.00965. The van der Waals surface area contributed by atoms with E-state index in [0.717, 1.165) is 31.5 Å². The van der Waals surface area contributed by atoms with Crippen LogP contribution < -0.4 is 10.6 Å². The standard InChI is InChI=1S/C14H18ClFN2O/c1-9(12-5-4-11(16)7-13(12)15)18-14(19)10-3-2-6-17-8-10/h4-5,7,9-10,17H,2-3,6,8H2,1H3,(H,18,19). The second-order valence-electron chi connectivity index (χ2n) is 4.94. The van der Waals surface area contributed by atoms with Crippen molar-refractivity contribution >= 4 is 17.5 Å². The summed E-state index contributed by atoms with van der Waals surface area (Å²) in [4.78, 5) is 12.1. The maximum Gasteiger partial charge on any atom is 0.224 e. The predicted octanol–water partition coefficient (Wildman–Crippen LogP) is 2.66. The van der Waals surface area contributed by atoms with Crippen LogP contribution in [0.1, 0.15) is 31.4 Å². The van der Waals surface area contributed by atoms with E-state index in [0.29, 0.717) is 5.02 Å². The largest absolute Gasteiger partial charge is 0.349 e. The Hall–Kier alpha value is -1.13. The van der Waals surface area contributed by atoms with Crippen LogP contribution in [0.5, 0.6) is 0 Å². The molecule has 1 saturated heterocycles. The molecule has 0 aliphatic carbocycles. The van der Waals surface area contributed by atoms with Crippen molar-refractivity contribution in [2.45, 2.75) is 25.8 Å². The molecule has 2 unspecified atom stereocenters. The number of hydrogen-bond acceptors (Lipinski definition) is 2. The van der Waals surface area contributed by atoms with Crippen LogP contribution in [0, 0.1) is 11.7 Å². The van der Waals surface area contributed by atoms with Gasteiger partial charge in [0.1, 0.15) is 5.82 Å². The molecule has 1 aliphatic heterocycles. The van der Waals surface area contributed by atoms with E-state index in [2.05, 4.69) is 10.6 Å². The minimum Gasteiger partial charge on any atom is -0.349 e. The number of carbonyl (C=O) groups is 1. The number of hydrogen-bond donors (Lipinski definition) is 2. The molecule has 2 rings (SSSR count). The Balaban J connectivity index is 1.99. The summed E-state index contributed by atoms with van der Waals surface area (Å²) in [6.07, 6.45) is 1.92. The summed E-state index contributed by atoms with van der Waals surface area (Å²) < 4.78 is 13.0. The Labute approximate surface area is 117 Å². The lowest BCUT2D eigenvalue weighted by atomic mass is 9.98. The first-order chi connectivity index (χ1) is 9.08. The van der Waals surface area contributed by atoms with Crippen molar-refractivity contribution < 1.29 is 9.18 Å². The van der Waals surface area contributed by atoms with Crippen molar-refractivity contribution in [2.75, 3.05) is 13.1 Å². The summed E-state index contributed by atoms with van der Waals surface area (Å²) in [5.74, 6) is -0.334. The maximum absolute atomic E-state index is 13.0. The summed E-state index contributed by atoms with van der Waals surface area (Å²) in [6.45, 7) is 3.55. The molecule has 1 aromatic rings. The van der Waals surface area contributed by atoms with Crippen LogP contribution in [0.25, 0.3) is 0 Å². The van der Waals surface area contributed by atoms with Gasteiger partial charge < -0.3 is 10.6 Å². The molecule has 104 valence electrons. The molecule has 19 heavy (non-hydrogen) atoms. The Kier molecular flexibility index (Phi) is 4.77. The van der Waals surface area contributed by atoms with E-state index >= 15 is 0 Å². The zero-order chi connectivity index (χ0) is 13.8. The molecule has 1 heterocycles. The third-order valence-corrected chi connectivity index (χ3v) is 3.78. The van der Waals surface area contributed by atoms with Gasteiger partial charge >= 0.3 is 0 Å². The van der Waals surface area contributed by atoms with Crippen LogP contribution in [0.3, 0.4) is 0 Å². The summed E-state index contributed by atoms with van der Waals surface area (Å²) in [7, 11) is 0. The van der Waals surface area contributed by atoms with Gasteiger partial charge in [-0.1, -0.05) is 17.7 Å². The van der Waals surface area contributed by atoms with E-state index in [1.54, 1.807) is 6.07 Å². The van der Waals surface area contributed by atoms with E-state index in [1.165, 1.54) is 12.1 Å². The third-order valence-electron chi connectivity index (χ3n) is 3.46. The maximum atomic E-state index is 13.0. The molecular formula is C14H18ClFN2O. The van der Waals surface area contributed by atoms with Gasteiger partial charge in [0.2, 0.25) is 5.91 Å². The van der Waals surface area contributed by atoms with Crippen LogP contribution in [-0.4, -0.2) is 19.0 Å². The average molecular weight is 285 g/mol. The van der Waals surface area contributed by atoms with Gasteiger partial charge in [0.25, 0.3) is 0 Å². The first-order valence-corrected chi connectivity index (χ1v) is 6.92. The molecule has 3 nitrogen and oxygen atoms in total. The molecule has 0 radical (unpaired) electrons. The third kappa shape index (κ3) is 3.67. The van der Waals surface area contributed by atoms with Crippen molar-refractivity contribution in [1.29, 1.82) is 0 Å². The lowest BCUT2D eigenvalue weighted by Gasteiger charge is -2.24. The number of amides is 1. The van der Waals surface area contributed by atoms with Gasteiger partial charge in [0.05, 0.1) is 12.0 Å². The molecule has 1 aromatic carbocycles. The van der Waals surface area contributed by atoms with Gasteiger partial charge in [-0.25, -0.2) is 4.39 Å². The van der Waals surface area contributed by atoms with Crippen LogP contribution >= 0.6 is 11.6 Å². The predicted molar refractivity (Wildman–Crippen MR) is 73.6 cm³/mol. The van der Waals surface area contributed by atoms with Crippen molar-refractivity contribution in [3.63, 3.8) is 0 Å². The Morgan fingerprint density at radius 3 is 3.00 bits per heavy atom. The fraction of sp³-hybridized carbons (Fsp3) is 0.500. The SMILES string of the molecule is CC(NC(=O)C1CCCNC1)c1ccc(F)cc1Cl. The van der Waals surface area contributed by atoms with Gasteiger partial charge in [-0.2, -0.15) is 0 Å². The van der Waals surface area contributed by atoms with Crippen LogP contribution in [0.15, 0.2) is 18.2 Å². The van der Waals surface area contributed by atoms with Crippen molar-refractivity contribution in [3.05, 3.63) is 34.6 Å². The zero-order valence-electron chi connectivity index (χ0n) is 10.9. The second-order valence-corrected chi connectivity index (χ2v) is 5.35. The van der Waals surface area contributed by atoms with Crippen LogP contribution in [0.4, 0.5) is 4.39 Å². The fourth-order valence-electron chi connectivity index (χ4n) is 2.34. The van der Waals surface area contributed by atoms with Gasteiger partial charge in [0.15, 0.2) is 0 Å². The first-order valence-electron chi connectivity index (χ1n) is 6.54. The number of halogens is 2. The van der Waals surface area contributed by atoms with E-state index in [-0.39, 0.29) is 23.7 Å². The van der Waals surface area contributed by atoms with E-state index in [4.69, 9.17) is 11.6 Å². The fourth-order valence-corrected chi connectivity index (χ4v) is 2.67. The van der Waals surface area contributed by atoms with Crippen molar-refractivity contribution in [3.8, 4) is 0 Å². The van der Waals surface area contributed by atoms with Crippen molar-refractivity contribution in [2.24, 2.45) is 5.92 Å². The summed E-state index contributed by atoms with van der Waals surface area (Å²) in [6, 6.07) is 4.01. The second kappa shape index (κ2) is 6.35. The number of carbonyl (C=O) groups excluding carboxylic acids is 1. The normalized spacial score (nSPS) is 20.9. The van der Waals surface area contributed by atoms with Crippen LogP contribution in [-0.2, 0) is 4.79 Å². The Morgan fingerprint density at radius 1 is 1.58 bits per heavy atom. The molecule has 0 bridgehead atoms. The number of nitrogens with one attached hydrogen (secondary N) is 2. The molecule has 2 atom stereocenters. The highest BCUT2D eigenvalue weighted by Gasteiger charge is 2.23. The van der Waals surface area contributed by atoms with E-state index in [9.17, 15) is 9.18 Å². The molecule has 1 fully saturated rings. The molecule has 1 amide bonds. The highest BCUT2D eigenvalue weighted by Crippen LogP contribution is 2.24. The van der Waals surface area contributed by atoms with Crippen LogP contribution in [0.2, 0.25) is 5.02 Å².